The molecule has 0 fully saturated rings. The van der Waals surface area contributed by atoms with Crippen LogP contribution < -0.4 is 14.8 Å². The fourth-order valence-corrected chi connectivity index (χ4v) is 2.36. The van der Waals surface area contributed by atoms with Gasteiger partial charge in [0.1, 0.15) is 31.3 Å². The number of ether oxygens (including phenoxy) is 3. The number of aryl methyl sites for hydroxylation is 2. The van der Waals surface area contributed by atoms with E-state index in [1.165, 1.54) is 0 Å². The largest absolute Gasteiger partial charge is 0.494 e. The molecular formula is C22H27NO5. The minimum Gasteiger partial charge on any atom is -0.494 e. The molecule has 0 aliphatic heterocycles. The van der Waals surface area contributed by atoms with E-state index < -0.39 is 5.97 Å². The molecule has 0 aliphatic carbocycles. The van der Waals surface area contributed by atoms with Gasteiger partial charge in [0.2, 0.25) is 0 Å². The summed E-state index contributed by atoms with van der Waals surface area (Å²) in [5.74, 6) is 0.647. The summed E-state index contributed by atoms with van der Waals surface area (Å²) >= 11 is 0. The normalized spacial score (nSPS) is 10.2. The topological polar surface area (TPSA) is 73.9 Å². The Hall–Kier alpha value is -3.02. The number of nitrogens with one attached hydrogen (secondary N) is 1. The van der Waals surface area contributed by atoms with Crippen LogP contribution in [0.3, 0.4) is 0 Å². The number of carbonyl (C=O) groups excluding carboxylic acids is 2. The molecule has 150 valence electrons. The third-order valence-corrected chi connectivity index (χ3v) is 4.07. The van der Waals surface area contributed by atoms with Gasteiger partial charge in [-0.1, -0.05) is 13.0 Å². The number of esters is 1. The van der Waals surface area contributed by atoms with Crippen molar-refractivity contribution in [2.75, 3.05) is 26.4 Å². The minimum absolute atomic E-state index is 0.104. The molecular weight excluding hydrogens is 358 g/mol. The summed E-state index contributed by atoms with van der Waals surface area (Å²) < 4.78 is 16.1. The SMILES string of the molecule is CCCOc1ccc(OCCOC(=O)CNC(=O)c2ccc(C)c(C)c2)cc1. The molecule has 0 saturated heterocycles. The lowest BCUT2D eigenvalue weighted by molar-refractivity contribution is -0.143. The second-order valence-electron chi connectivity index (χ2n) is 6.37. The van der Waals surface area contributed by atoms with E-state index in [0.29, 0.717) is 17.9 Å². The van der Waals surface area contributed by atoms with E-state index >= 15 is 0 Å². The molecule has 2 rings (SSSR count). The Morgan fingerprint density at radius 1 is 0.857 bits per heavy atom. The van der Waals surface area contributed by atoms with Crippen LogP contribution in [-0.4, -0.2) is 38.2 Å². The zero-order chi connectivity index (χ0) is 20.4. The Bertz CT molecular complexity index is 786. The number of benzene rings is 2. The average molecular weight is 385 g/mol. The molecule has 28 heavy (non-hydrogen) atoms. The first-order valence-corrected chi connectivity index (χ1v) is 9.36. The van der Waals surface area contributed by atoms with E-state index in [2.05, 4.69) is 5.32 Å². The molecule has 0 unspecified atom stereocenters. The number of carbonyl (C=O) groups is 2. The van der Waals surface area contributed by atoms with Gasteiger partial charge in [-0.05, 0) is 67.8 Å². The number of hydrogen-bond donors (Lipinski definition) is 1. The van der Waals surface area contributed by atoms with Crippen LogP contribution in [0.4, 0.5) is 0 Å². The maximum absolute atomic E-state index is 12.1. The lowest BCUT2D eigenvalue weighted by Gasteiger charge is -2.10. The standard InChI is InChI=1S/C22H27NO5/c1-4-11-26-19-7-9-20(10-8-19)27-12-13-28-21(24)15-23-22(25)18-6-5-16(2)17(3)14-18/h5-10,14H,4,11-13,15H2,1-3H3,(H,23,25). The highest BCUT2D eigenvalue weighted by Crippen LogP contribution is 2.17. The van der Waals surface area contributed by atoms with E-state index in [1.807, 2.05) is 39.0 Å². The molecule has 0 bridgehead atoms. The van der Waals surface area contributed by atoms with Gasteiger partial charge in [-0.25, -0.2) is 0 Å². The van der Waals surface area contributed by atoms with Gasteiger partial charge in [-0.2, -0.15) is 0 Å². The summed E-state index contributed by atoms with van der Waals surface area (Å²) in [4.78, 5) is 23.8. The molecule has 1 amide bonds. The predicted molar refractivity (Wildman–Crippen MR) is 107 cm³/mol. The van der Waals surface area contributed by atoms with Crippen molar-refractivity contribution in [3.63, 3.8) is 0 Å². The second kappa shape index (κ2) is 11.0. The molecule has 0 radical (unpaired) electrons. The minimum atomic E-state index is -0.510. The number of amides is 1. The summed E-state index contributed by atoms with van der Waals surface area (Å²) in [7, 11) is 0. The van der Waals surface area contributed by atoms with Crippen LogP contribution in [0.1, 0.15) is 34.8 Å². The number of hydrogen-bond acceptors (Lipinski definition) is 5. The van der Waals surface area contributed by atoms with Gasteiger partial charge in [0.25, 0.3) is 5.91 Å². The molecule has 0 aromatic heterocycles. The van der Waals surface area contributed by atoms with Crippen LogP contribution >= 0.6 is 0 Å². The van der Waals surface area contributed by atoms with Crippen molar-refractivity contribution < 1.29 is 23.8 Å². The van der Waals surface area contributed by atoms with Crippen LogP contribution in [0, 0.1) is 13.8 Å². The third-order valence-electron chi connectivity index (χ3n) is 4.07. The zero-order valence-electron chi connectivity index (χ0n) is 16.6. The lowest BCUT2D eigenvalue weighted by Crippen LogP contribution is -2.31. The average Bonchev–Trinajstić information content (AvgIpc) is 2.70. The van der Waals surface area contributed by atoms with Crippen LogP contribution in [0.5, 0.6) is 11.5 Å². The third kappa shape index (κ3) is 6.95. The highest BCUT2D eigenvalue weighted by atomic mass is 16.6. The van der Waals surface area contributed by atoms with Gasteiger partial charge in [0.05, 0.1) is 6.61 Å². The summed E-state index contributed by atoms with van der Waals surface area (Å²) in [5, 5.41) is 2.56. The summed E-state index contributed by atoms with van der Waals surface area (Å²) in [6.45, 7) is 6.79. The monoisotopic (exact) mass is 385 g/mol. The smallest absolute Gasteiger partial charge is 0.325 e. The molecule has 1 N–H and O–H groups in total. The Labute approximate surface area is 165 Å². The molecule has 0 spiro atoms. The van der Waals surface area contributed by atoms with E-state index in [9.17, 15) is 9.59 Å². The molecule has 6 nitrogen and oxygen atoms in total. The first kappa shape index (κ1) is 21.3. The second-order valence-corrected chi connectivity index (χ2v) is 6.37. The Kier molecular flexibility index (Phi) is 8.34. The fourth-order valence-electron chi connectivity index (χ4n) is 2.36. The molecule has 0 saturated carbocycles. The van der Waals surface area contributed by atoms with Crippen LogP contribution in [-0.2, 0) is 9.53 Å². The van der Waals surface area contributed by atoms with Crippen molar-refractivity contribution in [1.29, 1.82) is 0 Å². The van der Waals surface area contributed by atoms with Crippen molar-refractivity contribution in [3.05, 3.63) is 59.2 Å². The van der Waals surface area contributed by atoms with Crippen molar-refractivity contribution in [2.24, 2.45) is 0 Å². The fraction of sp³-hybridized carbons (Fsp3) is 0.364. The Balaban J connectivity index is 1.64. The van der Waals surface area contributed by atoms with Crippen LogP contribution in [0.2, 0.25) is 0 Å². The summed E-state index contributed by atoms with van der Waals surface area (Å²) in [5.41, 5.74) is 2.65. The maximum atomic E-state index is 12.1. The van der Waals surface area contributed by atoms with Gasteiger partial charge in [0, 0.05) is 5.56 Å². The van der Waals surface area contributed by atoms with E-state index in [0.717, 1.165) is 23.3 Å². The molecule has 0 atom stereocenters. The van der Waals surface area contributed by atoms with Gasteiger partial charge in [-0.3, -0.25) is 9.59 Å². The van der Waals surface area contributed by atoms with Crippen LogP contribution in [0.15, 0.2) is 42.5 Å². The highest BCUT2D eigenvalue weighted by molar-refractivity contribution is 5.96. The van der Waals surface area contributed by atoms with Gasteiger partial charge in [0.15, 0.2) is 0 Å². The van der Waals surface area contributed by atoms with E-state index in [1.54, 1.807) is 24.3 Å². The molecule has 0 aliphatic rings. The predicted octanol–water partition coefficient (Wildman–Crippen LogP) is 3.44. The molecule has 2 aromatic carbocycles. The quantitative estimate of drug-likeness (QED) is 0.501. The zero-order valence-corrected chi connectivity index (χ0v) is 16.6. The van der Waals surface area contributed by atoms with Gasteiger partial charge < -0.3 is 19.5 Å². The van der Waals surface area contributed by atoms with Crippen molar-refractivity contribution in [1.82, 2.24) is 5.32 Å². The molecule has 6 heteroatoms. The number of rotatable bonds is 10. The summed E-state index contributed by atoms with van der Waals surface area (Å²) in [6.07, 6.45) is 0.953. The van der Waals surface area contributed by atoms with Crippen molar-refractivity contribution in [3.8, 4) is 11.5 Å². The van der Waals surface area contributed by atoms with Crippen molar-refractivity contribution >= 4 is 11.9 Å². The first-order valence-electron chi connectivity index (χ1n) is 9.36. The lowest BCUT2D eigenvalue weighted by atomic mass is 10.1. The Morgan fingerprint density at radius 3 is 2.11 bits per heavy atom. The van der Waals surface area contributed by atoms with Crippen LogP contribution in [0.25, 0.3) is 0 Å². The van der Waals surface area contributed by atoms with Gasteiger partial charge in [-0.15, -0.1) is 0 Å². The summed E-state index contributed by atoms with van der Waals surface area (Å²) in [6, 6.07) is 12.7. The molecule has 0 heterocycles. The molecule has 2 aromatic rings. The van der Waals surface area contributed by atoms with Gasteiger partial charge >= 0.3 is 5.97 Å². The first-order chi connectivity index (χ1) is 13.5. The Morgan fingerprint density at radius 2 is 1.50 bits per heavy atom. The van der Waals surface area contributed by atoms with E-state index in [-0.39, 0.29) is 25.7 Å². The maximum Gasteiger partial charge on any atom is 0.325 e. The highest BCUT2D eigenvalue weighted by Gasteiger charge is 2.09. The van der Waals surface area contributed by atoms with E-state index in [4.69, 9.17) is 14.2 Å². The van der Waals surface area contributed by atoms with Crippen molar-refractivity contribution in [2.45, 2.75) is 27.2 Å².